The highest BCUT2D eigenvalue weighted by Gasteiger charge is 2.20. The molecule has 0 aromatic heterocycles. The molecule has 19 heavy (non-hydrogen) atoms. The third kappa shape index (κ3) is 6.75. The van der Waals surface area contributed by atoms with Gasteiger partial charge in [-0.25, -0.2) is 0 Å². The Morgan fingerprint density at radius 3 is 1.74 bits per heavy atom. The summed E-state index contributed by atoms with van der Waals surface area (Å²) in [7, 11) is 1.51. The van der Waals surface area contributed by atoms with Crippen molar-refractivity contribution in [3.63, 3.8) is 0 Å². The number of benzene rings is 1. The zero-order chi connectivity index (χ0) is 15.4. The third-order valence-electron chi connectivity index (χ3n) is 2.15. The molecule has 1 rings (SSSR count). The molecule has 1 aromatic rings. The van der Waals surface area contributed by atoms with Crippen molar-refractivity contribution in [3.05, 3.63) is 35.9 Å². The summed E-state index contributed by atoms with van der Waals surface area (Å²) in [5.74, 6) is -0.583. The van der Waals surface area contributed by atoms with E-state index in [1.54, 1.807) is 38.1 Å². The summed E-state index contributed by atoms with van der Waals surface area (Å²) in [4.78, 5) is 24.5. The summed E-state index contributed by atoms with van der Waals surface area (Å²) in [6, 6.07) is 8.79. The van der Waals surface area contributed by atoms with Crippen molar-refractivity contribution in [2.45, 2.75) is 41.5 Å². The summed E-state index contributed by atoms with van der Waals surface area (Å²) >= 11 is 0. The van der Waals surface area contributed by atoms with E-state index in [4.69, 9.17) is 0 Å². The van der Waals surface area contributed by atoms with Gasteiger partial charge < -0.3 is 0 Å². The molecule has 0 aliphatic heterocycles. The van der Waals surface area contributed by atoms with E-state index in [0.717, 1.165) is 0 Å². The molecule has 0 heterocycles. The van der Waals surface area contributed by atoms with Crippen LogP contribution in [0.2, 0.25) is 0 Å². The predicted molar refractivity (Wildman–Crippen MR) is 81.1 cm³/mol. The van der Waals surface area contributed by atoms with Gasteiger partial charge in [0.25, 0.3) is 5.91 Å². The molecule has 108 valence electrons. The van der Waals surface area contributed by atoms with Gasteiger partial charge in [-0.15, -0.1) is 0 Å². The zero-order valence-corrected chi connectivity index (χ0v) is 13.2. The van der Waals surface area contributed by atoms with Gasteiger partial charge in [0.1, 0.15) is 0 Å². The van der Waals surface area contributed by atoms with E-state index < -0.39 is 0 Å². The first-order chi connectivity index (χ1) is 9.04. The first kappa shape index (κ1) is 19.7. The van der Waals surface area contributed by atoms with Crippen molar-refractivity contribution in [1.82, 2.24) is 4.90 Å². The van der Waals surface area contributed by atoms with E-state index in [0.29, 0.717) is 5.56 Å². The van der Waals surface area contributed by atoms with Crippen molar-refractivity contribution in [3.8, 4) is 0 Å². The highest BCUT2D eigenvalue weighted by Crippen LogP contribution is 2.06. The Bertz CT molecular complexity index is 358. The predicted octanol–water partition coefficient (Wildman–Crippen LogP) is 3.99. The van der Waals surface area contributed by atoms with Crippen LogP contribution in [-0.4, -0.2) is 23.8 Å². The van der Waals surface area contributed by atoms with Gasteiger partial charge in [-0.2, -0.15) is 0 Å². The van der Waals surface area contributed by atoms with Gasteiger partial charge in [0, 0.05) is 18.5 Å². The first-order valence-electron chi connectivity index (χ1n) is 6.91. The molecule has 0 spiro atoms. The second kappa shape index (κ2) is 11.5. The minimum Gasteiger partial charge on any atom is -0.281 e. The lowest BCUT2D eigenvalue weighted by atomic mass is 10.1. The zero-order valence-electron chi connectivity index (χ0n) is 13.2. The fourth-order valence-electron chi connectivity index (χ4n) is 1.26. The van der Waals surface area contributed by atoms with Crippen LogP contribution in [0.1, 0.15) is 51.9 Å². The van der Waals surface area contributed by atoms with E-state index in [9.17, 15) is 9.59 Å². The van der Waals surface area contributed by atoms with Crippen LogP contribution in [-0.2, 0) is 4.79 Å². The Balaban J connectivity index is 0. The molecule has 1 aromatic carbocycles. The van der Waals surface area contributed by atoms with Gasteiger partial charge in [0.05, 0.1) is 0 Å². The molecule has 0 aliphatic carbocycles. The number of nitrogens with zero attached hydrogens (tertiary/aromatic N) is 1. The molecule has 2 amide bonds. The van der Waals surface area contributed by atoms with Crippen LogP contribution < -0.4 is 0 Å². The van der Waals surface area contributed by atoms with E-state index in [1.807, 2.05) is 33.8 Å². The molecule has 0 atom stereocenters. The van der Waals surface area contributed by atoms with Crippen LogP contribution in [0, 0.1) is 5.92 Å². The van der Waals surface area contributed by atoms with E-state index in [1.165, 1.54) is 11.9 Å². The van der Waals surface area contributed by atoms with Crippen LogP contribution in [0.15, 0.2) is 30.3 Å². The fraction of sp³-hybridized carbons (Fsp3) is 0.500. The smallest absolute Gasteiger partial charge is 0.260 e. The van der Waals surface area contributed by atoms with Crippen molar-refractivity contribution in [1.29, 1.82) is 0 Å². The molecular weight excluding hydrogens is 238 g/mol. The lowest BCUT2D eigenvalue weighted by molar-refractivity contribution is -0.130. The maximum Gasteiger partial charge on any atom is 0.260 e. The molecule has 0 fully saturated rings. The van der Waals surface area contributed by atoms with Crippen molar-refractivity contribution in [2.75, 3.05) is 7.05 Å². The number of carbonyl (C=O) groups is 2. The van der Waals surface area contributed by atoms with Gasteiger partial charge in [-0.1, -0.05) is 59.7 Å². The molecule has 0 saturated heterocycles. The number of amides is 2. The van der Waals surface area contributed by atoms with Gasteiger partial charge in [-0.05, 0) is 12.1 Å². The second-order valence-corrected chi connectivity index (χ2v) is 3.72. The standard InChI is InChI=1S/C12H15NO2.2C2H6/c1-9(2)11(14)13(3)12(15)10-7-5-4-6-8-10;2*1-2/h4-9H,1-3H3;2*1-2H3. The Hall–Kier alpha value is -1.64. The second-order valence-electron chi connectivity index (χ2n) is 3.72. The van der Waals surface area contributed by atoms with Gasteiger partial charge >= 0.3 is 0 Å². The number of hydrogen-bond donors (Lipinski definition) is 0. The van der Waals surface area contributed by atoms with Crippen molar-refractivity contribution in [2.24, 2.45) is 5.92 Å². The summed E-state index contributed by atoms with van der Waals surface area (Å²) in [5.41, 5.74) is 0.536. The van der Waals surface area contributed by atoms with Crippen LogP contribution in [0.3, 0.4) is 0 Å². The lowest BCUT2D eigenvalue weighted by Gasteiger charge is -2.17. The van der Waals surface area contributed by atoms with Crippen molar-refractivity contribution >= 4 is 11.8 Å². The Labute approximate surface area is 117 Å². The summed E-state index contributed by atoms with van der Waals surface area (Å²) in [5, 5.41) is 0. The number of imide groups is 1. The van der Waals surface area contributed by atoms with E-state index >= 15 is 0 Å². The molecule has 0 saturated carbocycles. The van der Waals surface area contributed by atoms with Crippen molar-refractivity contribution < 1.29 is 9.59 Å². The van der Waals surface area contributed by atoms with Gasteiger partial charge in [-0.3, -0.25) is 14.5 Å². The summed E-state index contributed by atoms with van der Waals surface area (Å²) in [6.07, 6.45) is 0. The number of rotatable bonds is 2. The third-order valence-corrected chi connectivity index (χ3v) is 2.15. The normalized spacial score (nSPS) is 8.63. The Morgan fingerprint density at radius 2 is 1.37 bits per heavy atom. The average molecular weight is 265 g/mol. The average Bonchev–Trinajstić information content (AvgIpc) is 2.49. The van der Waals surface area contributed by atoms with Crippen LogP contribution in [0.4, 0.5) is 0 Å². The van der Waals surface area contributed by atoms with Gasteiger partial charge in [0.2, 0.25) is 5.91 Å². The molecule has 0 unspecified atom stereocenters. The Morgan fingerprint density at radius 1 is 0.947 bits per heavy atom. The van der Waals surface area contributed by atoms with Crippen LogP contribution >= 0.6 is 0 Å². The maximum atomic E-state index is 11.8. The highest BCUT2D eigenvalue weighted by atomic mass is 16.2. The number of hydrogen-bond acceptors (Lipinski definition) is 2. The minimum atomic E-state index is -0.255. The van der Waals surface area contributed by atoms with E-state index in [-0.39, 0.29) is 17.7 Å². The summed E-state index contributed by atoms with van der Waals surface area (Å²) in [6.45, 7) is 11.5. The molecular formula is C16H27NO2. The largest absolute Gasteiger partial charge is 0.281 e. The van der Waals surface area contributed by atoms with Crippen LogP contribution in [0.25, 0.3) is 0 Å². The lowest BCUT2D eigenvalue weighted by Crippen LogP contribution is -2.35. The fourth-order valence-corrected chi connectivity index (χ4v) is 1.26. The molecule has 0 radical (unpaired) electrons. The maximum absolute atomic E-state index is 11.8. The van der Waals surface area contributed by atoms with E-state index in [2.05, 4.69) is 0 Å². The van der Waals surface area contributed by atoms with Crippen LogP contribution in [0.5, 0.6) is 0 Å². The molecule has 0 N–H and O–H groups in total. The Kier molecular flexibility index (Phi) is 11.9. The topological polar surface area (TPSA) is 37.4 Å². The monoisotopic (exact) mass is 265 g/mol. The minimum absolute atomic E-state index is 0.163. The quantitative estimate of drug-likeness (QED) is 0.810. The molecule has 0 aliphatic rings. The van der Waals surface area contributed by atoms with Gasteiger partial charge in [0.15, 0.2) is 0 Å². The molecule has 3 heteroatoms. The molecule has 3 nitrogen and oxygen atoms in total. The summed E-state index contributed by atoms with van der Waals surface area (Å²) < 4.78 is 0. The SMILES string of the molecule is CC.CC.CC(C)C(=O)N(C)C(=O)c1ccccc1. The number of carbonyl (C=O) groups excluding carboxylic acids is 2. The molecule has 0 bridgehead atoms. The first-order valence-corrected chi connectivity index (χ1v) is 6.91. The highest BCUT2D eigenvalue weighted by molar-refractivity contribution is 6.04.